The molecule has 2 aromatic rings. The lowest BCUT2D eigenvalue weighted by atomic mass is 9.86. The minimum Gasteiger partial charge on any atom is -0.349 e. The second-order valence-electron chi connectivity index (χ2n) is 5.86. The van der Waals surface area contributed by atoms with E-state index in [4.69, 9.17) is 0 Å². The van der Waals surface area contributed by atoms with Gasteiger partial charge < -0.3 is 16.0 Å². The summed E-state index contributed by atoms with van der Waals surface area (Å²) in [5, 5.41) is 6.39. The van der Waals surface area contributed by atoms with Crippen molar-refractivity contribution in [3.05, 3.63) is 63.9 Å². The molecule has 3 N–H and O–H groups in total. The average molecular weight is 446 g/mol. The zero-order valence-electron chi connectivity index (χ0n) is 13.5. The lowest BCUT2D eigenvalue weighted by Gasteiger charge is -2.41. The van der Waals surface area contributed by atoms with Gasteiger partial charge in [-0.2, -0.15) is 13.2 Å². The molecule has 2 aromatic carbocycles. The summed E-state index contributed by atoms with van der Waals surface area (Å²) >= 11 is 3.12. The van der Waals surface area contributed by atoms with Gasteiger partial charge >= 0.3 is 12.2 Å². The summed E-state index contributed by atoms with van der Waals surface area (Å²) in [6.45, 7) is -0.941. The van der Waals surface area contributed by atoms with E-state index in [9.17, 15) is 27.2 Å². The fraction of sp³-hybridized carbons (Fsp3) is 0.176. The standard InChI is InChI=1S/C17H12BrF4N3O2/c18-10-3-6-13-12(7-10)16(17(20,21)22,25-15(27)24-13)8-23-14(26)9-1-4-11(19)5-2-9/h1-7H,8H2,(H,23,26)(H2,24,25,27). The van der Waals surface area contributed by atoms with Gasteiger partial charge in [-0.25, -0.2) is 9.18 Å². The van der Waals surface area contributed by atoms with Gasteiger partial charge in [0.1, 0.15) is 5.82 Å². The topological polar surface area (TPSA) is 70.2 Å². The molecule has 1 unspecified atom stereocenters. The monoisotopic (exact) mass is 445 g/mol. The van der Waals surface area contributed by atoms with Crippen LogP contribution in [-0.2, 0) is 5.54 Å². The third-order valence-corrected chi connectivity index (χ3v) is 4.61. The lowest BCUT2D eigenvalue weighted by Crippen LogP contribution is -2.64. The fourth-order valence-electron chi connectivity index (χ4n) is 2.77. The molecule has 0 saturated carbocycles. The molecule has 0 bridgehead atoms. The van der Waals surface area contributed by atoms with E-state index < -0.39 is 36.0 Å². The number of carbonyl (C=O) groups excluding carboxylic acids is 2. The number of alkyl halides is 3. The van der Waals surface area contributed by atoms with Crippen molar-refractivity contribution in [3.8, 4) is 0 Å². The average Bonchev–Trinajstić information content (AvgIpc) is 2.59. The molecule has 0 radical (unpaired) electrons. The number of rotatable bonds is 3. The molecule has 10 heteroatoms. The highest BCUT2D eigenvalue weighted by atomic mass is 79.9. The molecule has 1 aliphatic heterocycles. The first-order valence-electron chi connectivity index (χ1n) is 7.62. The SMILES string of the molecule is O=C1Nc2ccc(Br)cc2C(CNC(=O)c2ccc(F)cc2)(C(F)(F)F)N1. The van der Waals surface area contributed by atoms with Crippen molar-refractivity contribution in [2.24, 2.45) is 0 Å². The van der Waals surface area contributed by atoms with Crippen LogP contribution >= 0.6 is 15.9 Å². The molecule has 142 valence electrons. The highest BCUT2D eigenvalue weighted by Crippen LogP contribution is 2.44. The van der Waals surface area contributed by atoms with Crippen LogP contribution in [0.2, 0.25) is 0 Å². The summed E-state index contributed by atoms with van der Waals surface area (Å²) in [5.41, 5.74) is -3.11. The van der Waals surface area contributed by atoms with Crippen molar-refractivity contribution in [3.63, 3.8) is 0 Å². The molecular weight excluding hydrogens is 434 g/mol. The Morgan fingerprint density at radius 2 is 1.81 bits per heavy atom. The van der Waals surface area contributed by atoms with Crippen LogP contribution in [0.1, 0.15) is 15.9 Å². The Kier molecular flexibility index (Phi) is 4.85. The number of amides is 3. The van der Waals surface area contributed by atoms with Crippen molar-refractivity contribution >= 4 is 33.6 Å². The van der Waals surface area contributed by atoms with Gasteiger partial charge in [0.15, 0.2) is 5.54 Å². The highest BCUT2D eigenvalue weighted by Gasteiger charge is 2.59. The van der Waals surface area contributed by atoms with Crippen molar-refractivity contribution in [2.45, 2.75) is 11.7 Å². The molecule has 1 heterocycles. The van der Waals surface area contributed by atoms with E-state index in [-0.39, 0.29) is 16.8 Å². The van der Waals surface area contributed by atoms with Gasteiger partial charge in [-0.1, -0.05) is 15.9 Å². The number of carbonyl (C=O) groups is 2. The second-order valence-corrected chi connectivity index (χ2v) is 6.78. The maximum atomic E-state index is 14.0. The molecule has 5 nitrogen and oxygen atoms in total. The number of urea groups is 1. The van der Waals surface area contributed by atoms with Crippen LogP contribution in [0.25, 0.3) is 0 Å². The molecular formula is C17H12BrF4N3O2. The number of fused-ring (bicyclic) bond motifs is 1. The molecule has 0 saturated heterocycles. The Hall–Kier alpha value is -2.62. The molecule has 0 fully saturated rings. The summed E-state index contributed by atoms with van der Waals surface area (Å²) in [5.74, 6) is -1.41. The van der Waals surface area contributed by atoms with Gasteiger partial charge in [-0.15, -0.1) is 0 Å². The zero-order valence-corrected chi connectivity index (χ0v) is 15.0. The summed E-state index contributed by atoms with van der Waals surface area (Å²) in [4.78, 5) is 24.0. The third-order valence-electron chi connectivity index (χ3n) is 4.12. The maximum absolute atomic E-state index is 14.0. The van der Waals surface area contributed by atoms with Crippen LogP contribution in [0.15, 0.2) is 46.9 Å². The number of hydrogen-bond acceptors (Lipinski definition) is 2. The number of nitrogens with one attached hydrogen (secondary N) is 3. The van der Waals surface area contributed by atoms with E-state index >= 15 is 0 Å². The van der Waals surface area contributed by atoms with Crippen molar-refractivity contribution in [1.29, 1.82) is 0 Å². The van der Waals surface area contributed by atoms with Gasteiger partial charge in [0.2, 0.25) is 0 Å². The minimum absolute atomic E-state index is 0.0107. The highest BCUT2D eigenvalue weighted by molar-refractivity contribution is 9.10. The first-order chi connectivity index (χ1) is 12.6. The fourth-order valence-corrected chi connectivity index (χ4v) is 3.13. The van der Waals surface area contributed by atoms with Gasteiger partial charge in [0.25, 0.3) is 5.91 Å². The first-order valence-corrected chi connectivity index (χ1v) is 8.41. The molecule has 0 spiro atoms. The van der Waals surface area contributed by atoms with Crippen LogP contribution in [0.5, 0.6) is 0 Å². The van der Waals surface area contributed by atoms with E-state index in [2.05, 4.69) is 26.6 Å². The molecule has 0 aromatic heterocycles. The predicted molar refractivity (Wildman–Crippen MR) is 92.8 cm³/mol. The van der Waals surface area contributed by atoms with E-state index in [1.807, 2.05) is 5.32 Å². The first kappa shape index (κ1) is 19.2. The van der Waals surface area contributed by atoms with E-state index in [0.29, 0.717) is 4.47 Å². The lowest BCUT2D eigenvalue weighted by molar-refractivity contribution is -0.195. The van der Waals surface area contributed by atoms with Crippen molar-refractivity contribution < 1.29 is 27.2 Å². The number of hydrogen-bond donors (Lipinski definition) is 3. The van der Waals surface area contributed by atoms with Crippen LogP contribution in [0.4, 0.5) is 28.0 Å². The van der Waals surface area contributed by atoms with Gasteiger partial charge in [-0.05, 0) is 42.5 Å². The molecule has 3 rings (SSSR count). The smallest absolute Gasteiger partial charge is 0.349 e. The third kappa shape index (κ3) is 3.61. The Morgan fingerprint density at radius 1 is 1.15 bits per heavy atom. The van der Waals surface area contributed by atoms with Crippen LogP contribution in [0, 0.1) is 5.82 Å². The van der Waals surface area contributed by atoms with Gasteiger partial charge in [0.05, 0.1) is 6.54 Å². The largest absolute Gasteiger partial charge is 0.417 e. The summed E-state index contributed by atoms with van der Waals surface area (Å²) in [6, 6.07) is 7.34. The maximum Gasteiger partial charge on any atom is 0.417 e. The van der Waals surface area contributed by atoms with Crippen LogP contribution < -0.4 is 16.0 Å². The normalized spacial score (nSPS) is 18.9. The van der Waals surface area contributed by atoms with Crippen molar-refractivity contribution in [2.75, 3.05) is 11.9 Å². The Bertz CT molecular complexity index is 902. The molecule has 1 aliphatic rings. The van der Waals surface area contributed by atoms with Crippen LogP contribution in [-0.4, -0.2) is 24.7 Å². The van der Waals surface area contributed by atoms with E-state index in [1.54, 1.807) is 0 Å². The Balaban J connectivity index is 1.97. The van der Waals surface area contributed by atoms with E-state index in [0.717, 1.165) is 24.3 Å². The van der Waals surface area contributed by atoms with E-state index in [1.165, 1.54) is 18.2 Å². The number of benzene rings is 2. The van der Waals surface area contributed by atoms with Gasteiger partial charge in [-0.3, -0.25) is 4.79 Å². The van der Waals surface area contributed by atoms with Crippen molar-refractivity contribution in [1.82, 2.24) is 10.6 Å². The Morgan fingerprint density at radius 3 is 2.44 bits per heavy atom. The summed E-state index contributed by atoms with van der Waals surface area (Å²) < 4.78 is 55.4. The zero-order chi connectivity index (χ0) is 19.8. The number of anilines is 1. The molecule has 27 heavy (non-hydrogen) atoms. The molecule has 1 atom stereocenters. The van der Waals surface area contributed by atoms with Crippen LogP contribution in [0.3, 0.4) is 0 Å². The summed E-state index contributed by atoms with van der Waals surface area (Å²) in [7, 11) is 0. The Labute approximate surface area is 159 Å². The van der Waals surface area contributed by atoms with Gasteiger partial charge in [0, 0.05) is 21.3 Å². The predicted octanol–water partition coefficient (Wildman–Crippen LogP) is 3.91. The minimum atomic E-state index is -4.91. The quantitative estimate of drug-likeness (QED) is 0.626. The second kappa shape index (κ2) is 6.84. The number of halogens is 5. The summed E-state index contributed by atoms with van der Waals surface area (Å²) in [6.07, 6.45) is -4.91. The molecule has 3 amide bonds. The molecule has 0 aliphatic carbocycles.